The topological polar surface area (TPSA) is 86.9 Å². The van der Waals surface area contributed by atoms with Crippen molar-refractivity contribution in [1.82, 2.24) is 20.2 Å². The van der Waals surface area contributed by atoms with Crippen molar-refractivity contribution in [3.63, 3.8) is 0 Å². The van der Waals surface area contributed by atoms with Crippen LogP contribution in [0.5, 0.6) is 0 Å². The lowest BCUT2D eigenvalue weighted by Gasteiger charge is -2.27. The van der Waals surface area contributed by atoms with Crippen molar-refractivity contribution in [2.75, 3.05) is 6.54 Å². The molecule has 0 fully saturated rings. The molecule has 0 aliphatic heterocycles. The monoisotopic (exact) mass is 288 g/mol. The second-order valence-electron chi connectivity index (χ2n) is 4.88. The van der Waals surface area contributed by atoms with Gasteiger partial charge in [-0.05, 0) is 26.3 Å². The third-order valence-electron chi connectivity index (χ3n) is 3.45. The van der Waals surface area contributed by atoms with Gasteiger partial charge in [0, 0.05) is 17.6 Å². The average Bonchev–Trinajstić information content (AvgIpc) is 2.85. The number of nitrogens with zero attached hydrogens (tertiary/aromatic N) is 1. The first-order valence-electron chi connectivity index (χ1n) is 6.65. The molecule has 0 bridgehead atoms. The van der Waals surface area contributed by atoms with Crippen molar-refractivity contribution in [2.45, 2.75) is 57.6 Å². The zero-order valence-corrected chi connectivity index (χ0v) is 12.9. The van der Waals surface area contributed by atoms with Gasteiger partial charge in [-0.3, -0.25) is 5.10 Å². The Morgan fingerprint density at radius 1 is 1.32 bits per heavy atom. The Labute approximate surface area is 115 Å². The summed E-state index contributed by atoms with van der Waals surface area (Å²) in [5.41, 5.74) is 0.225. The van der Waals surface area contributed by atoms with Crippen molar-refractivity contribution >= 4 is 10.0 Å². The SMILES string of the molecule is CCNCc1cn[nH]c1S(=O)(=O)NC(C)(CC)CC. The molecule has 1 aromatic rings. The first-order chi connectivity index (χ1) is 8.88. The average molecular weight is 288 g/mol. The minimum atomic E-state index is -3.57. The van der Waals surface area contributed by atoms with Gasteiger partial charge in [0.05, 0.1) is 6.20 Å². The fourth-order valence-electron chi connectivity index (χ4n) is 1.69. The van der Waals surface area contributed by atoms with Crippen molar-refractivity contribution < 1.29 is 8.42 Å². The Hall–Kier alpha value is -0.920. The maximum Gasteiger partial charge on any atom is 0.258 e. The summed E-state index contributed by atoms with van der Waals surface area (Å²) in [6.45, 7) is 9.08. The molecular formula is C12H24N4O2S. The maximum absolute atomic E-state index is 12.4. The van der Waals surface area contributed by atoms with Crippen molar-refractivity contribution in [3.8, 4) is 0 Å². The van der Waals surface area contributed by atoms with E-state index in [1.54, 1.807) is 6.20 Å². The summed E-state index contributed by atoms with van der Waals surface area (Å²) < 4.78 is 27.6. The molecule has 0 spiro atoms. The Morgan fingerprint density at radius 3 is 2.47 bits per heavy atom. The number of sulfonamides is 1. The van der Waals surface area contributed by atoms with E-state index in [0.717, 1.165) is 19.4 Å². The summed E-state index contributed by atoms with van der Waals surface area (Å²) in [7, 11) is -3.57. The molecule has 0 aliphatic rings. The van der Waals surface area contributed by atoms with Crippen LogP contribution in [0.1, 0.15) is 46.1 Å². The van der Waals surface area contributed by atoms with E-state index < -0.39 is 15.6 Å². The highest BCUT2D eigenvalue weighted by Crippen LogP contribution is 2.19. The summed E-state index contributed by atoms with van der Waals surface area (Å²) in [5.74, 6) is 0. The van der Waals surface area contributed by atoms with Crippen molar-refractivity contribution in [2.24, 2.45) is 0 Å². The lowest BCUT2D eigenvalue weighted by molar-refractivity contribution is 0.388. The van der Waals surface area contributed by atoms with Crippen molar-refractivity contribution in [3.05, 3.63) is 11.8 Å². The van der Waals surface area contributed by atoms with Crippen LogP contribution in [0.2, 0.25) is 0 Å². The number of aromatic nitrogens is 2. The molecule has 7 heteroatoms. The molecule has 0 radical (unpaired) electrons. The Morgan fingerprint density at radius 2 is 1.95 bits per heavy atom. The van der Waals surface area contributed by atoms with Crippen LogP contribution in [-0.4, -0.2) is 30.7 Å². The van der Waals surface area contributed by atoms with Gasteiger partial charge in [-0.25, -0.2) is 13.1 Å². The van der Waals surface area contributed by atoms with Gasteiger partial charge in [0.1, 0.15) is 0 Å². The van der Waals surface area contributed by atoms with E-state index in [-0.39, 0.29) is 5.03 Å². The maximum atomic E-state index is 12.4. The molecule has 3 N–H and O–H groups in total. The molecule has 6 nitrogen and oxygen atoms in total. The van der Waals surface area contributed by atoms with Gasteiger partial charge >= 0.3 is 0 Å². The lowest BCUT2D eigenvalue weighted by atomic mass is 9.98. The van der Waals surface area contributed by atoms with E-state index in [1.807, 2.05) is 27.7 Å². The van der Waals surface area contributed by atoms with Gasteiger partial charge in [-0.2, -0.15) is 5.10 Å². The minimum Gasteiger partial charge on any atom is -0.313 e. The van der Waals surface area contributed by atoms with E-state index >= 15 is 0 Å². The highest BCUT2D eigenvalue weighted by atomic mass is 32.2. The van der Waals surface area contributed by atoms with Crippen LogP contribution in [0.25, 0.3) is 0 Å². The second-order valence-corrected chi connectivity index (χ2v) is 6.50. The smallest absolute Gasteiger partial charge is 0.258 e. The van der Waals surface area contributed by atoms with Gasteiger partial charge in [0.2, 0.25) is 0 Å². The Balaban J connectivity index is 2.97. The second kappa shape index (κ2) is 6.49. The number of rotatable bonds is 8. The van der Waals surface area contributed by atoms with Crippen LogP contribution in [0.3, 0.4) is 0 Å². The van der Waals surface area contributed by atoms with E-state index in [9.17, 15) is 8.42 Å². The number of H-pyrrole nitrogens is 1. The highest BCUT2D eigenvalue weighted by molar-refractivity contribution is 7.89. The Kier molecular flexibility index (Phi) is 5.51. The van der Waals surface area contributed by atoms with Crippen LogP contribution < -0.4 is 10.0 Å². The normalized spacial score (nSPS) is 12.8. The van der Waals surface area contributed by atoms with Crippen LogP contribution in [0.4, 0.5) is 0 Å². The van der Waals surface area contributed by atoms with Crippen LogP contribution in [-0.2, 0) is 16.6 Å². The first kappa shape index (κ1) is 16.1. The molecule has 0 saturated carbocycles. The minimum absolute atomic E-state index is 0.154. The third-order valence-corrected chi connectivity index (χ3v) is 5.11. The van der Waals surface area contributed by atoms with E-state index in [4.69, 9.17) is 0 Å². The number of nitrogens with one attached hydrogen (secondary N) is 3. The first-order valence-corrected chi connectivity index (χ1v) is 8.13. The Bertz CT molecular complexity index is 492. The molecule has 1 rings (SSSR count). The van der Waals surface area contributed by atoms with Gasteiger partial charge < -0.3 is 5.32 Å². The molecule has 1 heterocycles. The largest absolute Gasteiger partial charge is 0.313 e. The zero-order valence-electron chi connectivity index (χ0n) is 12.1. The van der Waals surface area contributed by atoms with Crippen LogP contribution in [0, 0.1) is 0 Å². The third kappa shape index (κ3) is 4.02. The molecule has 0 unspecified atom stereocenters. The molecule has 0 aliphatic carbocycles. The molecule has 1 aromatic heterocycles. The lowest BCUT2D eigenvalue weighted by Crippen LogP contribution is -2.45. The summed E-state index contributed by atoms with van der Waals surface area (Å²) in [6, 6.07) is 0. The molecule has 0 aromatic carbocycles. The summed E-state index contributed by atoms with van der Waals surface area (Å²) >= 11 is 0. The standard InChI is InChI=1S/C12H24N4O2S/c1-5-12(4,6-2)16-19(17,18)11-10(8-13-7-3)9-14-15-11/h9,13,16H,5-8H2,1-4H3,(H,14,15). The molecule has 0 atom stereocenters. The van der Waals surface area contributed by atoms with Crippen molar-refractivity contribution in [1.29, 1.82) is 0 Å². The van der Waals surface area contributed by atoms with Crippen LogP contribution >= 0.6 is 0 Å². The molecule has 110 valence electrons. The van der Waals surface area contributed by atoms with Gasteiger partial charge in [-0.1, -0.05) is 20.8 Å². The fourth-order valence-corrected chi connectivity index (χ4v) is 3.37. The van der Waals surface area contributed by atoms with Crippen LogP contribution in [0.15, 0.2) is 11.2 Å². The number of hydrogen-bond donors (Lipinski definition) is 3. The zero-order chi connectivity index (χ0) is 14.5. The molecule has 0 saturated heterocycles. The number of hydrogen-bond acceptors (Lipinski definition) is 4. The molecule has 19 heavy (non-hydrogen) atoms. The summed E-state index contributed by atoms with van der Waals surface area (Å²) in [5, 5.41) is 9.68. The van der Waals surface area contributed by atoms with E-state index in [0.29, 0.717) is 12.1 Å². The van der Waals surface area contributed by atoms with E-state index in [2.05, 4.69) is 20.2 Å². The molecular weight excluding hydrogens is 264 g/mol. The molecule has 0 amide bonds. The number of aromatic amines is 1. The highest BCUT2D eigenvalue weighted by Gasteiger charge is 2.29. The van der Waals surface area contributed by atoms with E-state index in [1.165, 1.54) is 0 Å². The summed E-state index contributed by atoms with van der Waals surface area (Å²) in [6.07, 6.45) is 3.02. The predicted octanol–water partition coefficient (Wildman–Crippen LogP) is 1.38. The van der Waals surface area contributed by atoms with Gasteiger partial charge in [0.25, 0.3) is 10.0 Å². The predicted molar refractivity (Wildman–Crippen MR) is 75.3 cm³/mol. The van der Waals surface area contributed by atoms with Gasteiger partial charge in [-0.15, -0.1) is 0 Å². The fraction of sp³-hybridized carbons (Fsp3) is 0.750. The summed E-state index contributed by atoms with van der Waals surface area (Å²) in [4.78, 5) is 0. The van der Waals surface area contributed by atoms with Gasteiger partial charge in [0.15, 0.2) is 5.03 Å². The quantitative estimate of drug-likeness (QED) is 0.674.